The summed E-state index contributed by atoms with van der Waals surface area (Å²) in [5.74, 6) is 0. The molecule has 1 heterocycles. The third-order valence-corrected chi connectivity index (χ3v) is 3.16. The Morgan fingerprint density at radius 2 is 1.58 bits per heavy atom. The predicted molar refractivity (Wildman–Crippen MR) is 82.5 cm³/mol. The third kappa shape index (κ3) is 3.34. The molecular formula is C17H22N2. The van der Waals surface area contributed by atoms with Gasteiger partial charge in [-0.15, -0.1) is 0 Å². The van der Waals surface area contributed by atoms with Gasteiger partial charge in [-0.05, 0) is 25.0 Å². The van der Waals surface area contributed by atoms with Crippen molar-refractivity contribution in [1.82, 2.24) is 4.98 Å². The number of pyridine rings is 1. The van der Waals surface area contributed by atoms with Crippen LogP contribution in [0.5, 0.6) is 0 Å². The Kier molecular flexibility index (Phi) is 4.96. The second-order valence-corrected chi connectivity index (χ2v) is 4.72. The fourth-order valence-corrected chi connectivity index (χ4v) is 2.36. The fourth-order valence-electron chi connectivity index (χ4n) is 2.36. The average Bonchev–Trinajstić information content (AvgIpc) is 2.48. The van der Waals surface area contributed by atoms with Gasteiger partial charge in [0.2, 0.25) is 0 Å². The molecule has 2 nitrogen and oxygen atoms in total. The summed E-state index contributed by atoms with van der Waals surface area (Å²) >= 11 is 0. The second kappa shape index (κ2) is 6.93. The summed E-state index contributed by atoms with van der Waals surface area (Å²) < 4.78 is 0. The van der Waals surface area contributed by atoms with Gasteiger partial charge in [0.1, 0.15) is 0 Å². The lowest BCUT2D eigenvalue weighted by atomic mass is 10.1. The van der Waals surface area contributed by atoms with Gasteiger partial charge in [0.15, 0.2) is 0 Å². The van der Waals surface area contributed by atoms with E-state index >= 15 is 0 Å². The zero-order valence-electron chi connectivity index (χ0n) is 11.8. The van der Waals surface area contributed by atoms with Gasteiger partial charge in [-0.3, -0.25) is 4.98 Å². The van der Waals surface area contributed by atoms with E-state index in [1.54, 1.807) is 0 Å². The third-order valence-electron chi connectivity index (χ3n) is 3.16. The fraction of sp³-hybridized carbons (Fsp3) is 0.353. The van der Waals surface area contributed by atoms with E-state index in [9.17, 15) is 0 Å². The first-order valence-electron chi connectivity index (χ1n) is 7.12. The predicted octanol–water partition coefficient (Wildman–Crippen LogP) is 4.38. The topological polar surface area (TPSA) is 16.1 Å². The van der Waals surface area contributed by atoms with Crippen molar-refractivity contribution < 1.29 is 0 Å². The minimum absolute atomic E-state index is 1.08. The standard InChI is InChI=1S/C17H22N2/c1-3-13-19(14-4-2)16-11-8-12-18-17(16)15-9-6-5-7-10-15/h5-12H,3-4,13-14H2,1-2H3. The van der Waals surface area contributed by atoms with Gasteiger partial charge in [0.05, 0.1) is 11.4 Å². The molecule has 0 amide bonds. The maximum absolute atomic E-state index is 4.59. The van der Waals surface area contributed by atoms with Gasteiger partial charge < -0.3 is 4.90 Å². The Morgan fingerprint density at radius 1 is 0.895 bits per heavy atom. The van der Waals surface area contributed by atoms with Gasteiger partial charge >= 0.3 is 0 Å². The van der Waals surface area contributed by atoms with E-state index in [0.29, 0.717) is 0 Å². The van der Waals surface area contributed by atoms with Gasteiger partial charge in [-0.25, -0.2) is 0 Å². The molecule has 0 aliphatic carbocycles. The Hall–Kier alpha value is -1.83. The number of benzene rings is 1. The van der Waals surface area contributed by atoms with E-state index in [-0.39, 0.29) is 0 Å². The van der Waals surface area contributed by atoms with Crippen molar-refractivity contribution in [2.75, 3.05) is 18.0 Å². The highest BCUT2D eigenvalue weighted by Crippen LogP contribution is 2.28. The first-order chi connectivity index (χ1) is 9.36. The van der Waals surface area contributed by atoms with Crippen molar-refractivity contribution >= 4 is 5.69 Å². The summed E-state index contributed by atoms with van der Waals surface area (Å²) in [5.41, 5.74) is 3.53. The second-order valence-electron chi connectivity index (χ2n) is 4.72. The van der Waals surface area contributed by atoms with Gasteiger partial charge in [0.25, 0.3) is 0 Å². The smallest absolute Gasteiger partial charge is 0.0935 e. The molecule has 0 fully saturated rings. The lowest BCUT2D eigenvalue weighted by Crippen LogP contribution is -2.25. The molecule has 2 rings (SSSR count). The molecule has 2 aromatic rings. The van der Waals surface area contributed by atoms with Crippen LogP contribution in [0.4, 0.5) is 5.69 Å². The van der Waals surface area contributed by atoms with Crippen molar-refractivity contribution in [2.24, 2.45) is 0 Å². The molecule has 2 heteroatoms. The molecule has 100 valence electrons. The summed E-state index contributed by atoms with van der Waals surface area (Å²) in [4.78, 5) is 7.03. The normalized spacial score (nSPS) is 10.4. The van der Waals surface area contributed by atoms with Gasteiger partial charge in [-0.2, -0.15) is 0 Å². The SMILES string of the molecule is CCCN(CCC)c1cccnc1-c1ccccc1. The highest BCUT2D eigenvalue weighted by Gasteiger charge is 2.11. The quantitative estimate of drug-likeness (QED) is 0.760. The molecule has 0 saturated carbocycles. The maximum atomic E-state index is 4.59. The van der Waals surface area contributed by atoms with Crippen molar-refractivity contribution in [2.45, 2.75) is 26.7 Å². The number of hydrogen-bond donors (Lipinski definition) is 0. The summed E-state index contributed by atoms with van der Waals surface area (Å²) in [6, 6.07) is 14.6. The van der Waals surface area contributed by atoms with Crippen LogP contribution in [0.1, 0.15) is 26.7 Å². The van der Waals surface area contributed by atoms with Crippen LogP contribution < -0.4 is 4.90 Å². The Morgan fingerprint density at radius 3 is 2.21 bits per heavy atom. The molecule has 0 atom stereocenters. The molecule has 1 aromatic carbocycles. The zero-order chi connectivity index (χ0) is 13.5. The summed E-state index contributed by atoms with van der Waals surface area (Å²) in [5, 5.41) is 0. The highest BCUT2D eigenvalue weighted by atomic mass is 15.1. The molecule has 0 aliphatic heterocycles. The van der Waals surface area contributed by atoms with Crippen LogP contribution in [-0.4, -0.2) is 18.1 Å². The molecule has 0 spiro atoms. The van der Waals surface area contributed by atoms with E-state index in [4.69, 9.17) is 0 Å². The van der Waals surface area contributed by atoms with E-state index < -0.39 is 0 Å². The molecular weight excluding hydrogens is 232 g/mol. The minimum Gasteiger partial charge on any atom is -0.370 e. The minimum atomic E-state index is 1.08. The summed E-state index contributed by atoms with van der Waals surface area (Å²) in [7, 11) is 0. The van der Waals surface area contributed by atoms with Crippen molar-refractivity contribution in [3.05, 3.63) is 48.7 Å². The van der Waals surface area contributed by atoms with Crippen molar-refractivity contribution in [3.8, 4) is 11.3 Å². The molecule has 0 unspecified atom stereocenters. The van der Waals surface area contributed by atoms with E-state index in [1.807, 2.05) is 18.3 Å². The van der Waals surface area contributed by atoms with Gasteiger partial charge in [0, 0.05) is 24.8 Å². The Balaban J connectivity index is 2.40. The van der Waals surface area contributed by atoms with Crippen LogP contribution in [0, 0.1) is 0 Å². The monoisotopic (exact) mass is 254 g/mol. The first kappa shape index (κ1) is 13.6. The summed E-state index contributed by atoms with van der Waals surface area (Å²) in [6.45, 7) is 6.61. The van der Waals surface area contributed by atoms with Crippen LogP contribution >= 0.6 is 0 Å². The van der Waals surface area contributed by atoms with E-state index in [0.717, 1.165) is 31.6 Å². The number of rotatable bonds is 6. The van der Waals surface area contributed by atoms with Crippen molar-refractivity contribution in [3.63, 3.8) is 0 Å². The van der Waals surface area contributed by atoms with Crippen LogP contribution in [-0.2, 0) is 0 Å². The molecule has 0 N–H and O–H groups in total. The Labute approximate surface area is 116 Å². The number of hydrogen-bond acceptors (Lipinski definition) is 2. The lowest BCUT2D eigenvalue weighted by Gasteiger charge is -2.25. The lowest BCUT2D eigenvalue weighted by molar-refractivity contribution is 0.744. The molecule has 0 saturated heterocycles. The molecule has 0 bridgehead atoms. The molecule has 1 aromatic heterocycles. The Bertz CT molecular complexity index is 488. The summed E-state index contributed by atoms with van der Waals surface area (Å²) in [6.07, 6.45) is 4.19. The maximum Gasteiger partial charge on any atom is 0.0935 e. The zero-order valence-corrected chi connectivity index (χ0v) is 11.8. The number of aromatic nitrogens is 1. The number of anilines is 1. The van der Waals surface area contributed by atoms with Gasteiger partial charge in [-0.1, -0.05) is 44.2 Å². The largest absolute Gasteiger partial charge is 0.370 e. The van der Waals surface area contributed by atoms with E-state index in [2.05, 4.69) is 54.1 Å². The molecule has 19 heavy (non-hydrogen) atoms. The van der Waals surface area contributed by atoms with Crippen molar-refractivity contribution in [1.29, 1.82) is 0 Å². The highest BCUT2D eigenvalue weighted by molar-refractivity contribution is 5.74. The molecule has 0 aliphatic rings. The van der Waals surface area contributed by atoms with E-state index in [1.165, 1.54) is 11.3 Å². The van der Waals surface area contributed by atoms with Crippen LogP contribution in [0.2, 0.25) is 0 Å². The van der Waals surface area contributed by atoms with Crippen LogP contribution in [0.25, 0.3) is 11.3 Å². The average molecular weight is 254 g/mol. The van der Waals surface area contributed by atoms with Crippen LogP contribution in [0.3, 0.4) is 0 Å². The molecule has 0 radical (unpaired) electrons. The number of nitrogens with zero attached hydrogens (tertiary/aromatic N) is 2. The van der Waals surface area contributed by atoms with Crippen LogP contribution in [0.15, 0.2) is 48.7 Å². The first-order valence-corrected chi connectivity index (χ1v) is 7.12.